The number of rotatable bonds is 6. The highest BCUT2D eigenvalue weighted by atomic mass is 32.2. The van der Waals surface area contributed by atoms with Gasteiger partial charge in [0.15, 0.2) is 4.34 Å². The molecule has 5 nitrogen and oxygen atoms in total. The third kappa shape index (κ3) is 4.17. The summed E-state index contributed by atoms with van der Waals surface area (Å²) in [6, 6.07) is 6.31. The van der Waals surface area contributed by atoms with Gasteiger partial charge in [0, 0.05) is 0 Å². The first-order chi connectivity index (χ1) is 9.69. The van der Waals surface area contributed by atoms with Crippen LogP contribution in [0.4, 0.5) is 15.2 Å². The number of hydrogen-bond donors (Lipinski definition) is 1. The van der Waals surface area contributed by atoms with Crippen molar-refractivity contribution in [3.8, 4) is 0 Å². The molecule has 0 atom stereocenters. The highest BCUT2D eigenvalue weighted by molar-refractivity contribution is 8.01. The fourth-order valence-corrected chi connectivity index (χ4v) is 2.88. The summed E-state index contributed by atoms with van der Waals surface area (Å²) in [5.74, 6) is -0.470. The van der Waals surface area contributed by atoms with Crippen LogP contribution in [0.2, 0.25) is 0 Å². The molecule has 0 amide bonds. The van der Waals surface area contributed by atoms with Crippen LogP contribution in [0.25, 0.3) is 0 Å². The molecule has 0 aliphatic carbocycles. The molecule has 1 N–H and O–H groups in total. The lowest BCUT2D eigenvalue weighted by atomic mass is 10.3. The predicted molar refractivity (Wildman–Crippen MR) is 76.9 cm³/mol. The Balaban J connectivity index is 1.92. The highest BCUT2D eigenvalue weighted by Crippen LogP contribution is 2.28. The van der Waals surface area contributed by atoms with E-state index in [9.17, 15) is 9.18 Å². The normalized spacial score (nSPS) is 10.3. The van der Waals surface area contributed by atoms with Gasteiger partial charge in [-0.2, -0.15) is 0 Å². The molecule has 2 aromatic rings. The maximum atomic E-state index is 13.4. The number of carbonyl (C=O) groups excluding carboxylic acids is 1. The molecule has 0 saturated carbocycles. The van der Waals surface area contributed by atoms with Crippen molar-refractivity contribution in [3.63, 3.8) is 0 Å². The number of benzene rings is 1. The van der Waals surface area contributed by atoms with E-state index in [4.69, 9.17) is 4.74 Å². The van der Waals surface area contributed by atoms with Crippen LogP contribution in [0.15, 0.2) is 28.6 Å². The second kappa shape index (κ2) is 7.20. The summed E-state index contributed by atoms with van der Waals surface area (Å²) >= 11 is 2.49. The molecule has 0 spiro atoms. The lowest BCUT2D eigenvalue weighted by Gasteiger charge is -2.01. The van der Waals surface area contributed by atoms with Crippen LogP contribution >= 0.6 is 23.1 Å². The molecule has 1 heterocycles. The zero-order chi connectivity index (χ0) is 14.4. The zero-order valence-electron chi connectivity index (χ0n) is 10.6. The van der Waals surface area contributed by atoms with E-state index in [0.717, 1.165) is 0 Å². The Hall–Kier alpha value is -1.67. The molecule has 1 aromatic heterocycles. The predicted octanol–water partition coefficient (Wildman–Crippen LogP) is 3.08. The molecule has 8 heteroatoms. The number of hydrogen-bond acceptors (Lipinski definition) is 7. The Morgan fingerprint density at radius 2 is 2.25 bits per heavy atom. The Labute approximate surface area is 123 Å². The highest BCUT2D eigenvalue weighted by Gasteiger charge is 2.10. The minimum Gasteiger partial charge on any atom is -0.465 e. The monoisotopic (exact) mass is 313 g/mol. The number of nitrogens with one attached hydrogen (secondary N) is 1. The van der Waals surface area contributed by atoms with Gasteiger partial charge in [0.05, 0.1) is 18.0 Å². The quantitative estimate of drug-likeness (QED) is 0.653. The molecule has 106 valence electrons. The van der Waals surface area contributed by atoms with Gasteiger partial charge in [0.1, 0.15) is 5.82 Å². The van der Waals surface area contributed by atoms with Crippen LogP contribution in [-0.2, 0) is 9.53 Å². The van der Waals surface area contributed by atoms with Gasteiger partial charge in [0.2, 0.25) is 5.13 Å². The van der Waals surface area contributed by atoms with Crippen LogP contribution in [0.3, 0.4) is 0 Å². The van der Waals surface area contributed by atoms with E-state index in [2.05, 4.69) is 15.5 Å². The second-order valence-electron chi connectivity index (χ2n) is 3.57. The van der Waals surface area contributed by atoms with E-state index in [1.165, 1.54) is 29.2 Å². The van der Waals surface area contributed by atoms with Gasteiger partial charge in [-0.1, -0.05) is 35.2 Å². The number of anilines is 2. The van der Waals surface area contributed by atoms with Crippen molar-refractivity contribution in [2.75, 3.05) is 17.7 Å². The smallest absolute Gasteiger partial charge is 0.316 e. The number of carbonyl (C=O) groups is 1. The van der Waals surface area contributed by atoms with E-state index in [0.29, 0.717) is 21.8 Å². The van der Waals surface area contributed by atoms with Crippen LogP contribution in [-0.4, -0.2) is 28.5 Å². The maximum absolute atomic E-state index is 13.4. The van der Waals surface area contributed by atoms with Crippen LogP contribution in [0.1, 0.15) is 6.92 Å². The average molecular weight is 313 g/mol. The van der Waals surface area contributed by atoms with Crippen molar-refractivity contribution in [3.05, 3.63) is 30.1 Å². The van der Waals surface area contributed by atoms with E-state index in [1.807, 2.05) is 0 Å². The third-order valence-electron chi connectivity index (χ3n) is 2.14. The van der Waals surface area contributed by atoms with Gasteiger partial charge >= 0.3 is 5.97 Å². The maximum Gasteiger partial charge on any atom is 0.316 e. The van der Waals surface area contributed by atoms with Gasteiger partial charge < -0.3 is 10.1 Å². The molecule has 0 unspecified atom stereocenters. The lowest BCUT2D eigenvalue weighted by Crippen LogP contribution is -2.06. The molecule has 0 bridgehead atoms. The first kappa shape index (κ1) is 14.7. The second-order valence-corrected chi connectivity index (χ2v) is 5.77. The number of aromatic nitrogens is 2. The van der Waals surface area contributed by atoms with Crippen molar-refractivity contribution in [1.82, 2.24) is 10.2 Å². The Kier molecular flexibility index (Phi) is 5.31. The molecule has 0 fully saturated rings. The minimum atomic E-state index is -0.358. The van der Waals surface area contributed by atoms with Gasteiger partial charge in [-0.25, -0.2) is 4.39 Å². The Bertz CT molecular complexity index is 592. The third-order valence-corrected chi connectivity index (χ3v) is 4.09. The summed E-state index contributed by atoms with van der Waals surface area (Å²) in [4.78, 5) is 11.2. The zero-order valence-corrected chi connectivity index (χ0v) is 12.3. The standard InChI is InChI=1S/C12H12FN3O2S2/c1-2-18-10(17)7-19-12-16-15-11(20-12)14-9-6-4-3-5-8(9)13/h3-6H,2,7H2,1H3,(H,14,15). The van der Waals surface area contributed by atoms with E-state index >= 15 is 0 Å². The lowest BCUT2D eigenvalue weighted by molar-refractivity contribution is -0.139. The van der Waals surface area contributed by atoms with Gasteiger partial charge in [0.25, 0.3) is 0 Å². The molecule has 0 saturated heterocycles. The molecular formula is C12H12FN3O2S2. The average Bonchev–Trinajstić information content (AvgIpc) is 2.87. The first-order valence-electron chi connectivity index (χ1n) is 5.82. The molecule has 0 aliphatic rings. The Morgan fingerprint density at radius 1 is 1.45 bits per heavy atom. The van der Waals surface area contributed by atoms with Crippen molar-refractivity contribution in [2.45, 2.75) is 11.3 Å². The molecule has 0 aliphatic heterocycles. The van der Waals surface area contributed by atoms with E-state index in [1.54, 1.807) is 25.1 Å². The summed E-state index contributed by atoms with van der Waals surface area (Å²) in [6.07, 6.45) is 0. The van der Waals surface area contributed by atoms with Crippen molar-refractivity contribution < 1.29 is 13.9 Å². The first-order valence-corrected chi connectivity index (χ1v) is 7.62. The van der Waals surface area contributed by atoms with Crippen molar-refractivity contribution in [1.29, 1.82) is 0 Å². The van der Waals surface area contributed by atoms with Crippen molar-refractivity contribution >= 4 is 39.9 Å². The minimum absolute atomic E-state index is 0.183. The van der Waals surface area contributed by atoms with Gasteiger partial charge in [-0.3, -0.25) is 4.79 Å². The fraction of sp³-hybridized carbons (Fsp3) is 0.250. The summed E-state index contributed by atoms with van der Waals surface area (Å²) in [5, 5.41) is 11.1. The topological polar surface area (TPSA) is 64.1 Å². The molecule has 0 radical (unpaired) electrons. The summed E-state index contributed by atoms with van der Waals surface area (Å²) < 4.78 is 18.9. The largest absolute Gasteiger partial charge is 0.465 e. The molecular weight excluding hydrogens is 301 g/mol. The van der Waals surface area contributed by atoms with Gasteiger partial charge in [-0.15, -0.1) is 10.2 Å². The fourth-order valence-electron chi connectivity index (χ4n) is 1.32. The van der Waals surface area contributed by atoms with E-state index in [-0.39, 0.29) is 17.5 Å². The molecule has 2 rings (SSSR count). The summed E-state index contributed by atoms with van der Waals surface area (Å²) in [5.41, 5.74) is 0.339. The van der Waals surface area contributed by atoms with Crippen LogP contribution in [0.5, 0.6) is 0 Å². The van der Waals surface area contributed by atoms with Crippen LogP contribution in [0, 0.1) is 5.82 Å². The van der Waals surface area contributed by atoms with Gasteiger partial charge in [-0.05, 0) is 19.1 Å². The number of para-hydroxylation sites is 1. The number of nitrogens with zero attached hydrogens (tertiary/aromatic N) is 2. The van der Waals surface area contributed by atoms with Crippen LogP contribution < -0.4 is 5.32 Å². The van der Waals surface area contributed by atoms with Crippen molar-refractivity contribution in [2.24, 2.45) is 0 Å². The molecule has 1 aromatic carbocycles. The number of thioether (sulfide) groups is 1. The summed E-state index contributed by atoms with van der Waals surface area (Å²) in [7, 11) is 0. The molecule has 20 heavy (non-hydrogen) atoms. The summed E-state index contributed by atoms with van der Waals surface area (Å²) in [6.45, 7) is 2.11. The number of esters is 1. The van der Waals surface area contributed by atoms with E-state index < -0.39 is 0 Å². The Morgan fingerprint density at radius 3 is 3.00 bits per heavy atom. The SMILES string of the molecule is CCOC(=O)CSc1nnc(Nc2ccccc2F)s1. The number of ether oxygens (including phenoxy) is 1. The number of halogens is 1.